The molecule has 3 heterocycles. The molecule has 1 amide bonds. The van der Waals surface area contributed by atoms with Gasteiger partial charge in [0.15, 0.2) is 0 Å². The number of nitrogens with one attached hydrogen (secondary N) is 2. The molecule has 1 saturated heterocycles. The van der Waals surface area contributed by atoms with Crippen molar-refractivity contribution in [2.75, 3.05) is 28.6 Å². The van der Waals surface area contributed by atoms with Crippen LogP contribution in [0.25, 0.3) is 16.6 Å². The van der Waals surface area contributed by atoms with E-state index in [0.717, 1.165) is 42.5 Å². The normalized spacial score (nSPS) is 13.2. The lowest BCUT2D eigenvalue weighted by Gasteiger charge is -2.17. The molecule has 5 aromatic rings. The smallest absolute Gasteiger partial charge is 0.258 e. The maximum atomic E-state index is 12.7. The molecule has 0 unspecified atom stereocenters. The van der Waals surface area contributed by atoms with Crippen molar-refractivity contribution in [1.29, 1.82) is 0 Å². The molecule has 6 rings (SSSR count). The Balaban J connectivity index is 1.40. The molecule has 0 bridgehead atoms. The van der Waals surface area contributed by atoms with Gasteiger partial charge in [0.2, 0.25) is 11.9 Å². The van der Waals surface area contributed by atoms with E-state index in [-0.39, 0.29) is 11.9 Å². The molecule has 0 atom stereocenters. The first-order chi connectivity index (χ1) is 17.7. The highest BCUT2D eigenvalue weighted by Gasteiger charge is 2.20. The van der Waals surface area contributed by atoms with Gasteiger partial charge >= 0.3 is 0 Å². The van der Waals surface area contributed by atoms with Crippen LogP contribution in [0.4, 0.5) is 23.7 Å². The molecular weight excluding hydrogens is 452 g/mol. The highest BCUT2D eigenvalue weighted by atomic mass is 16.1. The number of fused-ring (bicyclic) bond motifs is 1. The minimum atomic E-state index is -0.281. The largest absolute Gasteiger partial charge is 0.341 e. The average Bonchev–Trinajstić information content (AvgIpc) is 3.60. The van der Waals surface area contributed by atoms with Gasteiger partial charge in [-0.3, -0.25) is 10.1 Å². The third-order valence-electron chi connectivity index (χ3n) is 6.08. The minimum absolute atomic E-state index is 0.188. The molecule has 2 N–H and O–H groups in total. The van der Waals surface area contributed by atoms with Crippen LogP contribution in [0, 0.1) is 0 Å². The Labute approximate surface area is 207 Å². The summed E-state index contributed by atoms with van der Waals surface area (Å²) in [5.41, 5.74) is 2.17. The van der Waals surface area contributed by atoms with Crippen molar-refractivity contribution in [3.8, 4) is 5.69 Å². The second-order valence-corrected chi connectivity index (χ2v) is 8.54. The monoisotopic (exact) mass is 476 g/mol. The molecule has 0 aliphatic carbocycles. The summed E-state index contributed by atoms with van der Waals surface area (Å²) in [4.78, 5) is 29.2. The van der Waals surface area contributed by atoms with Gasteiger partial charge in [0.05, 0.1) is 11.2 Å². The van der Waals surface area contributed by atoms with Gasteiger partial charge in [-0.15, -0.1) is 5.10 Å². The molecule has 9 nitrogen and oxygen atoms in total. The van der Waals surface area contributed by atoms with Crippen LogP contribution >= 0.6 is 0 Å². The zero-order chi connectivity index (χ0) is 24.3. The number of rotatable bonds is 6. The van der Waals surface area contributed by atoms with Gasteiger partial charge in [-0.2, -0.15) is 14.6 Å². The van der Waals surface area contributed by atoms with Crippen molar-refractivity contribution in [1.82, 2.24) is 24.7 Å². The van der Waals surface area contributed by atoms with Gasteiger partial charge < -0.3 is 10.2 Å². The van der Waals surface area contributed by atoms with E-state index < -0.39 is 0 Å². The second kappa shape index (κ2) is 9.46. The van der Waals surface area contributed by atoms with Crippen molar-refractivity contribution >= 4 is 40.5 Å². The molecule has 2 aromatic heterocycles. The molecule has 0 radical (unpaired) electrons. The van der Waals surface area contributed by atoms with Crippen molar-refractivity contribution < 1.29 is 4.79 Å². The molecule has 1 fully saturated rings. The number of carbonyl (C=O) groups is 1. The van der Waals surface area contributed by atoms with E-state index >= 15 is 0 Å². The molecule has 9 heteroatoms. The van der Waals surface area contributed by atoms with E-state index in [0.29, 0.717) is 23.3 Å². The molecular formula is C27H24N8O. The van der Waals surface area contributed by atoms with Crippen molar-refractivity contribution in [3.05, 3.63) is 90.5 Å². The maximum absolute atomic E-state index is 12.7. The first kappa shape index (κ1) is 21.7. The van der Waals surface area contributed by atoms with Gasteiger partial charge in [0, 0.05) is 24.0 Å². The Morgan fingerprint density at radius 1 is 0.778 bits per heavy atom. The Bertz CT molecular complexity index is 1510. The molecule has 0 spiro atoms. The predicted octanol–water partition coefficient (Wildman–Crippen LogP) is 4.81. The fraction of sp³-hybridized carbons (Fsp3) is 0.148. The van der Waals surface area contributed by atoms with Crippen LogP contribution in [0.1, 0.15) is 23.2 Å². The van der Waals surface area contributed by atoms with Crippen molar-refractivity contribution in [2.45, 2.75) is 12.8 Å². The summed E-state index contributed by atoms with van der Waals surface area (Å²) in [5, 5.41) is 11.6. The van der Waals surface area contributed by atoms with Gasteiger partial charge in [-0.1, -0.05) is 48.5 Å². The van der Waals surface area contributed by atoms with Crippen LogP contribution in [0.2, 0.25) is 0 Å². The summed E-state index contributed by atoms with van der Waals surface area (Å²) < 4.78 is 1.66. The lowest BCUT2D eigenvalue weighted by atomic mass is 10.2. The predicted molar refractivity (Wildman–Crippen MR) is 140 cm³/mol. The van der Waals surface area contributed by atoms with Crippen LogP contribution in [0.15, 0.2) is 84.9 Å². The van der Waals surface area contributed by atoms with Crippen molar-refractivity contribution in [3.63, 3.8) is 0 Å². The molecule has 178 valence electrons. The van der Waals surface area contributed by atoms with E-state index in [9.17, 15) is 4.79 Å². The number of amides is 1. The number of anilines is 4. The van der Waals surface area contributed by atoms with Crippen LogP contribution in [0.5, 0.6) is 0 Å². The minimum Gasteiger partial charge on any atom is -0.341 e. The highest BCUT2D eigenvalue weighted by Crippen LogP contribution is 2.28. The Morgan fingerprint density at radius 3 is 2.25 bits per heavy atom. The third-order valence-corrected chi connectivity index (χ3v) is 6.08. The summed E-state index contributed by atoms with van der Waals surface area (Å²) in [7, 11) is 0. The molecule has 3 aromatic carbocycles. The summed E-state index contributed by atoms with van der Waals surface area (Å²) in [6.45, 7) is 1.88. The number of nitrogens with zero attached hydrogens (tertiary/aromatic N) is 6. The van der Waals surface area contributed by atoms with Gasteiger partial charge in [-0.05, 0) is 49.2 Å². The highest BCUT2D eigenvalue weighted by molar-refractivity contribution is 6.03. The average molecular weight is 477 g/mol. The van der Waals surface area contributed by atoms with Crippen LogP contribution in [-0.2, 0) is 0 Å². The Morgan fingerprint density at radius 2 is 1.47 bits per heavy atom. The quantitative estimate of drug-likeness (QED) is 0.363. The summed E-state index contributed by atoms with van der Waals surface area (Å²) in [5.74, 6) is 1.66. The van der Waals surface area contributed by atoms with E-state index in [2.05, 4.69) is 25.6 Å². The number of aromatic nitrogens is 5. The zero-order valence-corrected chi connectivity index (χ0v) is 19.5. The first-order valence-corrected chi connectivity index (χ1v) is 11.9. The van der Waals surface area contributed by atoms with E-state index in [1.165, 1.54) is 0 Å². The van der Waals surface area contributed by atoms with E-state index in [4.69, 9.17) is 9.97 Å². The fourth-order valence-corrected chi connectivity index (χ4v) is 4.28. The maximum Gasteiger partial charge on any atom is 0.258 e. The summed E-state index contributed by atoms with van der Waals surface area (Å²) in [6, 6.07) is 26.5. The van der Waals surface area contributed by atoms with Gasteiger partial charge in [-0.25, -0.2) is 4.98 Å². The van der Waals surface area contributed by atoms with Crippen LogP contribution < -0.4 is 15.5 Å². The number of hydrogen-bond donors (Lipinski definition) is 2. The second-order valence-electron chi connectivity index (χ2n) is 8.54. The van der Waals surface area contributed by atoms with Crippen molar-refractivity contribution in [2.24, 2.45) is 0 Å². The SMILES string of the molecule is O=C(Nc1nc(Nc2nc(N3CCCC3)nc3ccccc23)n(-c2ccccc2)n1)c1ccccc1. The van der Waals surface area contributed by atoms with Crippen LogP contribution in [-0.4, -0.2) is 43.7 Å². The molecule has 0 saturated carbocycles. The van der Waals surface area contributed by atoms with Crippen LogP contribution in [0.3, 0.4) is 0 Å². The number of hydrogen-bond acceptors (Lipinski definition) is 7. The lowest BCUT2D eigenvalue weighted by molar-refractivity contribution is 0.102. The fourth-order valence-electron chi connectivity index (χ4n) is 4.28. The molecule has 1 aliphatic rings. The summed E-state index contributed by atoms with van der Waals surface area (Å²) >= 11 is 0. The number of carbonyl (C=O) groups excluding carboxylic acids is 1. The Kier molecular flexibility index (Phi) is 5.71. The molecule has 1 aliphatic heterocycles. The van der Waals surface area contributed by atoms with Gasteiger partial charge in [0.25, 0.3) is 11.9 Å². The number of para-hydroxylation sites is 2. The lowest BCUT2D eigenvalue weighted by Crippen LogP contribution is -2.21. The number of benzene rings is 3. The zero-order valence-electron chi connectivity index (χ0n) is 19.5. The topological polar surface area (TPSA) is 101 Å². The first-order valence-electron chi connectivity index (χ1n) is 11.9. The van der Waals surface area contributed by atoms with Gasteiger partial charge in [0.1, 0.15) is 5.82 Å². The Hall–Kier alpha value is -4.79. The third kappa shape index (κ3) is 4.34. The molecule has 36 heavy (non-hydrogen) atoms. The van der Waals surface area contributed by atoms with E-state index in [1.54, 1.807) is 16.8 Å². The summed E-state index contributed by atoms with van der Waals surface area (Å²) in [6.07, 6.45) is 2.26. The van der Waals surface area contributed by atoms with E-state index in [1.807, 2.05) is 72.8 Å². The standard InChI is InChI=1S/C27H24N8O/c36-24(19-11-3-1-4-12-19)31-25-32-27(35(33-25)20-13-5-2-6-14-20)30-23-21-15-7-8-16-22(21)28-26(29-23)34-17-9-10-18-34/h1-8,11-16H,9-10,17-18H2,(H2,28,29,30,31,32,33,36).